The van der Waals surface area contributed by atoms with Gasteiger partial charge in [0.1, 0.15) is 18.4 Å². The number of sulfonamides is 1. The van der Waals surface area contributed by atoms with Crippen molar-refractivity contribution in [2.24, 2.45) is 0 Å². The van der Waals surface area contributed by atoms with Gasteiger partial charge in [-0.3, -0.25) is 13.9 Å². The molecule has 202 valence electrons. The molecule has 0 aliphatic rings. The first-order valence-electron chi connectivity index (χ1n) is 11.8. The van der Waals surface area contributed by atoms with Gasteiger partial charge in [-0.05, 0) is 57.2 Å². The van der Waals surface area contributed by atoms with E-state index in [1.165, 1.54) is 55.5 Å². The first kappa shape index (κ1) is 29.4. The smallest absolute Gasteiger partial charge is 0.264 e. The molecule has 0 bridgehead atoms. The predicted molar refractivity (Wildman–Crippen MR) is 147 cm³/mol. The highest BCUT2D eigenvalue weighted by molar-refractivity contribution is 7.92. The maximum Gasteiger partial charge on any atom is 0.264 e. The molecule has 2 amide bonds. The van der Waals surface area contributed by atoms with Crippen molar-refractivity contribution in [2.45, 2.75) is 38.3 Å². The third-order valence-electron chi connectivity index (χ3n) is 5.90. The van der Waals surface area contributed by atoms with Crippen LogP contribution in [0.5, 0.6) is 0 Å². The molecule has 38 heavy (non-hydrogen) atoms. The number of amides is 2. The number of likely N-dealkylation sites (N-methyl/N-ethyl adjacent to an activating group) is 1. The molecule has 0 spiro atoms. The number of nitrogens with one attached hydrogen (secondary N) is 1. The highest BCUT2D eigenvalue weighted by Gasteiger charge is 2.33. The molecular formula is C27H28Cl2FN3O4S. The number of hydrogen-bond acceptors (Lipinski definition) is 4. The largest absolute Gasteiger partial charge is 0.355 e. The lowest BCUT2D eigenvalue weighted by Crippen LogP contribution is -2.51. The molecule has 0 saturated carbocycles. The summed E-state index contributed by atoms with van der Waals surface area (Å²) >= 11 is 12.2. The summed E-state index contributed by atoms with van der Waals surface area (Å²) in [5.41, 5.74) is 1.14. The van der Waals surface area contributed by atoms with Crippen LogP contribution >= 0.6 is 23.2 Å². The molecule has 0 radical (unpaired) electrons. The minimum atomic E-state index is -4.26. The number of nitrogens with zero attached hydrogens (tertiary/aromatic N) is 2. The van der Waals surface area contributed by atoms with Crippen molar-refractivity contribution in [3.8, 4) is 0 Å². The Morgan fingerprint density at radius 2 is 1.66 bits per heavy atom. The molecule has 0 fully saturated rings. The number of benzene rings is 3. The molecule has 0 aliphatic heterocycles. The number of carbonyl (C=O) groups is 2. The molecule has 1 atom stereocenters. The average molecular weight is 581 g/mol. The number of halogens is 3. The monoisotopic (exact) mass is 579 g/mol. The van der Waals surface area contributed by atoms with Gasteiger partial charge in [0.2, 0.25) is 11.8 Å². The van der Waals surface area contributed by atoms with Crippen molar-refractivity contribution in [3.63, 3.8) is 0 Å². The molecule has 7 nitrogen and oxygen atoms in total. The molecule has 0 unspecified atom stereocenters. The minimum Gasteiger partial charge on any atom is -0.355 e. The molecule has 0 aromatic heterocycles. The quantitative estimate of drug-likeness (QED) is 0.358. The van der Waals surface area contributed by atoms with Crippen molar-refractivity contribution in [2.75, 3.05) is 17.4 Å². The van der Waals surface area contributed by atoms with Crippen molar-refractivity contribution < 1.29 is 22.4 Å². The maximum atomic E-state index is 14.5. The van der Waals surface area contributed by atoms with Crippen LogP contribution in [0.1, 0.15) is 25.0 Å². The number of carbonyl (C=O) groups excluding carboxylic acids is 2. The second-order valence-corrected chi connectivity index (χ2v) is 11.3. The Bertz CT molecular complexity index is 1420. The SMILES string of the molecule is CCNC(=O)[C@H](C)N(Cc1ccccc1F)C(=O)CN(c1ccc(Cl)c(Cl)c1)S(=O)(=O)c1ccc(C)cc1. The van der Waals surface area contributed by atoms with Crippen LogP contribution in [0.2, 0.25) is 10.0 Å². The lowest BCUT2D eigenvalue weighted by atomic mass is 10.1. The second-order valence-electron chi connectivity index (χ2n) is 8.61. The highest BCUT2D eigenvalue weighted by Crippen LogP contribution is 2.31. The Hall–Kier alpha value is -3.14. The molecule has 3 rings (SSSR count). The molecule has 1 N–H and O–H groups in total. The van der Waals surface area contributed by atoms with E-state index in [1.54, 1.807) is 25.1 Å². The molecule has 0 aliphatic carbocycles. The van der Waals surface area contributed by atoms with E-state index in [9.17, 15) is 22.4 Å². The van der Waals surface area contributed by atoms with Crippen LogP contribution < -0.4 is 9.62 Å². The van der Waals surface area contributed by atoms with E-state index in [0.29, 0.717) is 6.54 Å². The maximum absolute atomic E-state index is 14.5. The van der Waals surface area contributed by atoms with Crippen molar-refractivity contribution in [1.29, 1.82) is 0 Å². The first-order valence-corrected chi connectivity index (χ1v) is 14.0. The first-order chi connectivity index (χ1) is 17.9. The topological polar surface area (TPSA) is 86.8 Å². The van der Waals surface area contributed by atoms with E-state index in [4.69, 9.17) is 23.2 Å². The molecule has 11 heteroatoms. The Balaban J connectivity index is 2.07. The minimum absolute atomic E-state index is 0.0422. The third-order valence-corrected chi connectivity index (χ3v) is 8.42. The van der Waals surface area contributed by atoms with E-state index in [-0.39, 0.29) is 32.7 Å². The molecule has 0 saturated heterocycles. The van der Waals surface area contributed by atoms with Gasteiger partial charge in [0, 0.05) is 18.7 Å². The zero-order valence-electron chi connectivity index (χ0n) is 21.1. The predicted octanol–water partition coefficient (Wildman–Crippen LogP) is 5.19. The van der Waals surface area contributed by atoms with E-state index in [1.807, 2.05) is 6.92 Å². The number of rotatable bonds is 10. The summed E-state index contributed by atoms with van der Waals surface area (Å²) in [5, 5.41) is 2.96. The van der Waals surface area contributed by atoms with E-state index >= 15 is 0 Å². The lowest BCUT2D eigenvalue weighted by molar-refractivity contribution is -0.139. The third kappa shape index (κ3) is 6.83. The van der Waals surface area contributed by atoms with E-state index in [2.05, 4.69) is 5.32 Å². The van der Waals surface area contributed by atoms with Crippen LogP contribution in [0.4, 0.5) is 10.1 Å². The van der Waals surface area contributed by atoms with Crippen LogP contribution in [0.3, 0.4) is 0 Å². The summed E-state index contributed by atoms with van der Waals surface area (Å²) in [6, 6.07) is 15.2. The number of hydrogen-bond donors (Lipinski definition) is 1. The summed E-state index contributed by atoms with van der Waals surface area (Å²) in [6.45, 7) is 4.45. The average Bonchev–Trinajstić information content (AvgIpc) is 2.88. The Morgan fingerprint density at radius 1 is 1.00 bits per heavy atom. The summed E-state index contributed by atoms with van der Waals surface area (Å²) in [6.07, 6.45) is 0. The van der Waals surface area contributed by atoms with Crippen LogP contribution in [0.25, 0.3) is 0 Å². The molecule has 3 aromatic rings. The van der Waals surface area contributed by atoms with Gasteiger partial charge in [0.25, 0.3) is 10.0 Å². The van der Waals surface area contributed by atoms with Gasteiger partial charge in [0.15, 0.2) is 0 Å². The van der Waals surface area contributed by atoms with Gasteiger partial charge in [-0.15, -0.1) is 0 Å². The van der Waals surface area contributed by atoms with Crippen molar-refractivity contribution in [3.05, 3.63) is 93.7 Å². The Labute approximate surface area is 232 Å². The van der Waals surface area contributed by atoms with Crippen molar-refractivity contribution >= 4 is 50.7 Å². The molecule has 0 heterocycles. The van der Waals surface area contributed by atoms with Crippen molar-refractivity contribution in [1.82, 2.24) is 10.2 Å². The summed E-state index contributed by atoms with van der Waals surface area (Å²) in [7, 11) is -4.26. The normalized spacial score (nSPS) is 12.1. The van der Waals surface area contributed by atoms with Gasteiger partial charge < -0.3 is 10.2 Å². The van der Waals surface area contributed by atoms with Crippen LogP contribution in [-0.4, -0.2) is 44.3 Å². The number of aryl methyl sites for hydroxylation is 1. The summed E-state index contributed by atoms with van der Waals surface area (Å²) in [5.74, 6) is -1.73. The lowest BCUT2D eigenvalue weighted by Gasteiger charge is -2.32. The molecular weight excluding hydrogens is 552 g/mol. The fraction of sp³-hybridized carbons (Fsp3) is 0.259. The van der Waals surface area contributed by atoms with Gasteiger partial charge >= 0.3 is 0 Å². The fourth-order valence-electron chi connectivity index (χ4n) is 3.72. The summed E-state index contributed by atoms with van der Waals surface area (Å²) in [4.78, 5) is 27.5. The van der Waals surface area contributed by atoms with Crippen LogP contribution in [0.15, 0.2) is 71.6 Å². The fourth-order valence-corrected chi connectivity index (χ4v) is 5.42. The standard InChI is InChI=1S/C27H28Cl2FN3O4S/c1-4-31-27(35)19(3)32(16-20-7-5-6-8-25(20)30)26(34)17-33(21-11-14-23(28)24(29)15-21)38(36,37)22-12-9-18(2)10-13-22/h5-15,19H,4,16-17H2,1-3H3,(H,31,35)/t19-/m0/s1. The van der Waals surface area contributed by atoms with E-state index in [0.717, 1.165) is 14.8 Å². The highest BCUT2D eigenvalue weighted by atomic mass is 35.5. The zero-order chi connectivity index (χ0) is 28.0. The van der Waals surface area contributed by atoms with E-state index < -0.39 is 40.2 Å². The summed E-state index contributed by atoms with van der Waals surface area (Å²) < 4.78 is 42.9. The Morgan fingerprint density at radius 3 is 2.26 bits per heavy atom. The Kier molecular flexibility index (Phi) is 9.76. The zero-order valence-corrected chi connectivity index (χ0v) is 23.4. The van der Waals surface area contributed by atoms with Crippen LogP contribution in [0, 0.1) is 12.7 Å². The van der Waals surface area contributed by atoms with Gasteiger partial charge in [-0.2, -0.15) is 0 Å². The second kappa shape index (κ2) is 12.6. The van der Waals surface area contributed by atoms with Gasteiger partial charge in [-0.1, -0.05) is 59.1 Å². The van der Waals surface area contributed by atoms with Gasteiger partial charge in [-0.25, -0.2) is 12.8 Å². The van der Waals surface area contributed by atoms with Crippen LogP contribution in [-0.2, 0) is 26.2 Å². The number of anilines is 1. The molecule has 3 aromatic carbocycles. The van der Waals surface area contributed by atoms with Gasteiger partial charge in [0.05, 0.1) is 20.6 Å².